The predicted octanol–water partition coefficient (Wildman–Crippen LogP) is 4.76. The van der Waals surface area contributed by atoms with Gasteiger partial charge in [-0.25, -0.2) is 9.37 Å². The van der Waals surface area contributed by atoms with Gasteiger partial charge in [-0.15, -0.1) is 11.6 Å². The molecule has 110 valence electrons. The van der Waals surface area contributed by atoms with Crippen LogP contribution in [0, 0.1) is 12.7 Å². The van der Waals surface area contributed by atoms with Crippen molar-refractivity contribution in [1.82, 2.24) is 9.55 Å². The summed E-state index contributed by atoms with van der Waals surface area (Å²) in [5.74, 6) is 2.19. The van der Waals surface area contributed by atoms with Crippen molar-refractivity contribution in [3.8, 4) is 0 Å². The second-order valence-corrected chi connectivity index (χ2v) is 6.21. The highest BCUT2D eigenvalue weighted by Gasteiger charge is 2.12. The number of unbranched alkanes of at least 4 members (excludes halogenated alkanes) is 2. The van der Waals surface area contributed by atoms with Crippen LogP contribution in [0.25, 0.3) is 11.0 Å². The Morgan fingerprint density at radius 1 is 1.30 bits per heavy atom. The van der Waals surface area contributed by atoms with E-state index in [9.17, 15) is 4.39 Å². The number of fused-ring (bicyclic) bond motifs is 1. The Bertz CT molecular complexity index is 583. The van der Waals surface area contributed by atoms with Gasteiger partial charge in [-0.2, -0.15) is 11.8 Å². The van der Waals surface area contributed by atoms with Crippen molar-refractivity contribution < 1.29 is 4.39 Å². The van der Waals surface area contributed by atoms with Crippen molar-refractivity contribution in [3.05, 3.63) is 29.3 Å². The van der Waals surface area contributed by atoms with E-state index in [1.807, 2.05) is 17.8 Å². The zero-order valence-electron chi connectivity index (χ0n) is 12.0. The minimum atomic E-state index is -0.205. The van der Waals surface area contributed by atoms with Gasteiger partial charge in [-0.3, -0.25) is 0 Å². The van der Waals surface area contributed by atoms with Gasteiger partial charge >= 0.3 is 0 Å². The van der Waals surface area contributed by atoms with E-state index in [0.717, 1.165) is 24.3 Å². The first-order valence-corrected chi connectivity index (χ1v) is 8.80. The molecule has 2 nitrogen and oxygen atoms in total. The van der Waals surface area contributed by atoms with Gasteiger partial charge in [0, 0.05) is 12.6 Å². The number of benzene rings is 1. The fraction of sp³-hybridized carbons (Fsp3) is 0.533. The summed E-state index contributed by atoms with van der Waals surface area (Å²) in [4.78, 5) is 4.44. The molecule has 0 atom stereocenters. The van der Waals surface area contributed by atoms with Gasteiger partial charge in [0.2, 0.25) is 0 Å². The van der Waals surface area contributed by atoms with Gasteiger partial charge in [0.15, 0.2) is 0 Å². The SMILES string of the molecule is CSCCCCCn1c(CCl)nc2cc(F)c(C)cc21. The van der Waals surface area contributed by atoms with Crippen LogP contribution >= 0.6 is 23.4 Å². The highest BCUT2D eigenvalue weighted by Crippen LogP contribution is 2.22. The minimum absolute atomic E-state index is 0.205. The van der Waals surface area contributed by atoms with Crippen molar-refractivity contribution in [1.29, 1.82) is 0 Å². The van der Waals surface area contributed by atoms with Crippen molar-refractivity contribution in [2.24, 2.45) is 0 Å². The van der Waals surface area contributed by atoms with Crippen molar-refractivity contribution in [3.63, 3.8) is 0 Å². The molecule has 0 unspecified atom stereocenters. The Hall–Kier alpha value is -0.740. The van der Waals surface area contributed by atoms with E-state index in [4.69, 9.17) is 11.6 Å². The summed E-state index contributed by atoms with van der Waals surface area (Å²) in [7, 11) is 0. The number of hydrogen-bond donors (Lipinski definition) is 0. The quantitative estimate of drug-likeness (QED) is 0.542. The molecule has 0 aliphatic heterocycles. The van der Waals surface area contributed by atoms with Gasteiger partial charge in [0.1, 0.15) is 11.6 Å². The number of aryl methyl sites for hydroxylation is 2. The Labute approximate surface area is 128 Å². The number of imidazole rings is 1. The molecule has 1 heterocycles. The van der Waals surface area contributed by atoms with Crippen LogP contribution < -0.4 is 0 Å². The van der Waals surface area contributed by atoms with Crippen LogP contribution in [0.15, 0.2) is 12.1 Å². The Kier molecular flexibility index (Phi) is 5.73. The molecule has 5 heteroatoms. The first kappa shape index (κ1) is 15.6. The summed E-state index contributed by atoms with van der Waals surface area (Å²) >= 11 is 7.85. The molecule has 0 fully saturated rings. The lowest BCUT2D eigenvalue weighted by Gasteiger charge is -2.08. The molecule has 0 saturated heterocycles. The summed E-state index contributed by atoms with van der Waals surface area (Å²) in [6.45, 7) is 2.68. The Morgan fingerprint density at radius 2 is 2.10 bits per heavy atom. The average Bonchev–Trinajstić information content (AvgIpc) is 2.76. The summed E-state index contributed by atoms with van der Waals surface area (Å²) in [6, 6.07) is 3.38. The molecule has 1 aromatic carbocycles. The first-order chi connectivity index (χ1) is 9.67. The molecule has 2 rings (SSSR count). The number of thioether (sulfide) groups is 1. The molecule has 0 amide bonds. The lowest BCUT2D eigenvalue weighted by atomic mass is 10.2. The molecule has 0 aliphatic carbocycles. The largest absolute Gasteiger partial charge is 0.327 e. The molecule has 0 bridgehead atoms. The maximum absolute atomic E-state index is 13.6. The summed E-state index contributed by atoms with van der Waals surface area (Å²) in [5.41, 5.74) is 2.35. The smallest absolute Gasteiger partial charge is 0.128 e. The highest BCUT2D eigenvalue weighted by atomic mass is 35.5. The van der Waals surface area contributed by atoms with Crippen LogP contribution in [0.2, 0.25) is 0 Å². The third kappa shape index (κ3) is 3.47. The van der Waals surface area contributed by atoms with E-state index in [-0.39, 0.29) is 5.82 Å². The number of hydrogen-bond acceptors (Lipinski definition) is 2. The monoisotopic (exact) mass is 314 g/mol. The molecular formula is C15H20ClFN2S. The molecule has 1 aromatic heterocycles. The first-order valence-electron chi connectivity index (χ1n) is 6.87. The third-order valence-corrected chi connectivity index (χ3v) is 4.39. The normalized spacial score (nSPS) is 11.4. The van der Waals surface area contributed by atoms with Crippen molar-refractivity contribution in [2.75, 3.05) is 12.0 Å². The standard InChI is InChI=1S/C15H20ClFN2S/c1-11-8-14-13(9-12(11)17)18-15(10-16)19(14)6-4-3-5-7-20-2/h8-9H,3-7,10H2,1-2H3. The predicted molar refractivity (Wildman–Crippen MR) is 86.2 cm³/mol. The summed E-state index contributed by atoms with van der Waals surface area (Å²) < 4.78 is 15.7. The topological polar surface area (TPSA) is 17.8 Å². The van der Waals surface area contributed by atoms with Crippen LogP contribution in [-0.2, 0) is 12.4 Å². The molecule has 0 radical (unpaired) electrons. The number of aromatic nitrogens is 2. The maximum atomic E-state index is 13.6. The molecule has 0 N–H and O–H groups in total. The highest BCUT2D eigenvalue weighted by molar-refractivity contribution is 7.98. The maximum Gasteiger partial charge on any atom is 0.128 e. The number of nitrogens with zero attached hydrogens (tertiary/aromatic N) is 2. The van der Waals surface area contributed by atoms with Crippen LogP contribution in [0.4, 0.5) is 4.39 Å². The number of alkyl halides is 1. The molecule has 2 aromatic rings. The van der Waals surface area contributed by atoms with Crippen LogP contribution in [-0.4, -0.2) is 21.6 Å². The fourth-order valence-corrected chi connectivity index (χ4v) is 3.04. The van der Waals surface area contributed by atoms with Crippen LogP contribution in [0.3, 0.4) is 0 Å². The van der Waals surface area contributed by atoms with Crippen molar-refractivity contribution >= 4 is 34.4 Å². The lowest BCUT2D eigenvalue weighted by molar-refractivity contribution is 0.601. The second kappa shape index (κ2) is 7.32. The Morgan fingerprint density at radius 3 is 2.80 bits per heavy atom. The molecule has 0 spiro atoms. The third-order valence-electron chi connectivity index (χ3n) is 3.46. The van der Waals surface area contributed by atoms with E-state index in [1.165, 1.54) is 24.7 Å². The van der Waals surface area contributed by atoms with E-state index in [2.05, 4.69) is 15.8 Å². The summed E-state index contributed by atoms with van der Waals surface area (Å²) in [5, 5.41) is 0. The minimum Gasteiger partial charge on any atom is -0.327 e. The van der Waals surface area contributed by atoms with Gasteiger partial charge in [-0.05, 0) is 43.4 Å². The molecular weight excluding hydrogens is 295 g/mol. The molecule has 20 heavy (non-hydrogen) atoms. The van der Waals surface area contributed by atoms with Gasteiger partial charge < -0.3 is 4.57 Å². The van der Waals surface area contributed by atoms with E-state index < -0.39 is 0 Å². The van der Waals surface area contributed by atoms with E-state index >= 15 is 0 Å². The fourth-order valence-electron chi connectivity index (χ4n) is 2.34. The number of rotatable bonds is 7. The molecule has 0 saturated carbocycles. The van der Waals surface area contributed by atoms with Gasteiger partial charge in [0.25, 0.3) is 0 Å². The molecule has 0 aliphatic rings. The van der Waals surface area contributed by atoms with E-state index in [0.29, 0.717) is 17.0 Å². The summed E-state index contributed by atoms with van der Waals surface area (Å²) in [6.07, 6.45) is 5.67. The Balaban J connectivity index is 2.19. The zero-order valence-corrected chi connectivity index (χ0v) is 13.5. The van der Waals surface area contributed by atoms with Gasteiger partial charge in [-0.1, -0.05) is 6.42 Å². The van der Waals surface area contributed by atoms with Gasteiger partial charge in [0.05, 0.1) is 16.9 Å². The van der Waals surface area contributed by atoms with E-state index in [1.54, 1.807) is 6.92 Å². The lowest BCUT2D eigenvalue weighted by Crippen LogP contribution is -2.03. The second-order valence-electron chi connectivity index (χ2n) is 4.96. The van der Waals surface area contributed by atoms with Crippen LogP contribution in [0.5, 0.6) is 0 Å². The van der Waals surface area contributed by atoms with Crippen molar-refractivity contribution in [2.45, 2.75) is 38.6 Å². The average molecular weight is 315 g/mol. The zero-order chi connectivity index (χ0) is 14.5. The number of halogens is 2. The van der Waals surface area contributed by atoms with Crippen LogP contribution in [0.1, 0.15) is 30.7 Å².